The van der Waals surface area contributed by atoms with Crippen LogP contribution in [-0.2, 0) is 6.54 Å². The molecule has 0 spiro atoms. The van der Waals surface area contributed by atoms with Crippen LogP contribution in [0.1, 0.15) is 31.2 Å². The summed E-state index contributed by atoms with van der Waals surface area (Å²) in [4.78, 5) is 5.16. The predicted molar refractivity (Wildman–Crippen MR) is 89.5 cm³/mol. The van der Waals surface area contributed by atoms with Crippen LogP contribution in [0.3, 0.4) is 0 Å². The van der Waals surface area contributed by atoms with Gasteiger partial charge in [-0.1, -0.05) is 11.6 Å². The molecule has 2 aliphatic rings. The van der Waals surface area contributed by atoms with Crippen molar-refractivity contribution in [2.24, 2.45) is 5.92 Å². The number of rotatable bonds is 4. The Kier molecular flexibility index (Phi) is 5.04. The van der Waals surface area contributed by atoms with Crippen molar-refractivity contribution in [1.82, 2.24) is 9.80 Å². The highest BCUT2D eigenvalue weighted by atomic mass is 35.5. The number of hydrogen-bond donors (Lipinski definition) is 1. The lowest BCUT2D eigenvalue weighted by Gasteiger charge is -2.34. The van der Waals surface area contributed by atoms with Gasteiger partial charge in [0.05, 0.1) is 0 Å². The first-order valence-electron chi connectivity index (χ1n) is 8.19. The molecule has 0 atom stereocenters. The largest absolute Gasteiger partial charge is 0.398 e. The van der Waals surface area contributed by atoms with Crippen LogP contribution >= 0.6 is 11.6 Å². The zero-order valence-electron chi connectivity index (χ0n) is 12.7. The molecule has 0 radical (unpaired) electrons. The molecule has 0 amide bonds. The summed E-state index contributed by atoms with van der Waals surface area (Å²) in [6.07, 6.45) is 5.42. The third-order valence-corrected chi connectivity index (χ3v) is 5.16. The van der Waals surface area contributed by atoms with E-state index in [1.54, 1.807) is 0 Å². The highest BCUT2D eigenvalue weighted by molar-refractivity contribution is 6.30. The second kappa shape index (κ2) is 6.99. The number of nitrogens with zero attached hydrogens (tertiary/aromatic N) is 2. The molecule has 3 nitrogen and oxygen atoms in total. The second-order valence-corrected chi connectivity index (χ2v) is 7.01. The smallest absolute Gasteiger partial charge is 0.0410 e. The minimum absolute atomic E-state index is 0.781. The molecule has 0 aromatic heterocycles. The monoisotopic (exact) mass is 307 g/mol. The maximum atomic E-state index is 6.07. The van der Waals surface area contributed by atoms with Gasteiger partial charge < -0.3 is 10.6 Å². The van der Waals surface area contributed by atoms with E-state index < -0.39 is 0 Å². The number of nitrogen functional groups attached to an aromatic ring is 1. The first kappa shape index (κ1) is 15.1. The van der Waals surface area contributed by atoms with Crippen LogP contribution in [0.15, 0.2) is 18.2 Å². The molecule has 2 heterocycles. The van der Waals surface area contributed by atoms with Crippen LogP contribution in [0, 0.1) is 5.92 Å². The normalized spacial score (nSPS) is 22.0. The van der Waals surface area contributed by atoms with E-state index in [1.165, 1.54) is 64.0 Å². The van der Waals surface area contributed by atoms with Gasteiger partial charge in [0.25, 0.3) is 0 Å². The number of likely N-dealkylation sites (tertiary alicyclic amines) is 2. The first-order valence-corrected chi connectivity index (χ1v) is 8.57. The molecule has 1 aromatic carbocycles. The summed E-state index contributed by atoms with van der Waals surface area (Å²) in [5.74, 6) is 0.885. The zero-order chi connectivity index (χ0) is 14.7. The van der Waals surface area contributed by atoms with Crippen molar-refractivity contribution in [2.75, 3.05) is 38.5 Å². The molecule has 1 aromatic rings. The molecule has 21 heavy (non-hydrogen) atoms. The summed E-state index contributed by atoms with van der Waals surface area (Å²) in [6, 6.07) is 5.79. The van der Waals surface area contributed by atoms with Gasteiger partial charge in [-0.3, -0.25) is 4.90 Å². The quantitative estimate of drug-likeness (QED) is 0.867. The van der Waals surface area contributed by atoms with Gasteiger partial charge in [-0.25, -0.2) is 0 Å². The molecular weight excluding hydrogens is 282 g/mol. The molecule has 0 saturated carbocycles. The van der Waals surface area contributed by atoms with E-state index in [-0.39, 0.29) is 0 Å². The lowest BCUT2D eigenvalue weighted by atomic mass is 9.96. The van der Waals surface area contributed by atoms with Crippen LogP contribution in [-0.4, -0.2) is 42.5 Å². The molecule has 2 saturated heterocycles. The summed E-state index contributed by atoms with van der Waals surface area (Å²) in [6.45, 7) is 7.25. The average molecular weight is 308 g/mol. The van der Waals surface area contributed by atoms with Gasteiger partial charge in [-0.05, 0) is 81.5 Å². The Hall–Kier alpha value is -0.770. The van der Waals surface area contributed by atoms with Gasteiger partial charge in [0.15, 0.2) is 0 Å². The van der Waals surface area contributed by atoms with E-state index in [0.29, 0.717) is 0 Å². The van der Waals surface area contributed by atoms with Crippen molar-refractivity contribution < 1.29 is 0 Å². The fourth-order valence-electron chi connectivity index (χ4n) is 3.61. The predicted octanol–water partition coefficient (Wildman–Crippen LogP) is 3.23. The Morgan fingerprint density at radius 1 is 1.05 bits per heavy atom. The third-order valence-electron chi connectivity index (χ3n) is 4.92. The van der Waals surface area contributed by atoms with Gasteiger partial charge in [0.2, 0.25) is 0 Å². The zero-order valence-corrected chi connectivity index (χ0v) is 13.5. The molecule has 116 valence electrons. The number of nitrogens with two attached hydrogens (primary N) is 1. The summed E-state index contributed by atoms with van der Waals surface area (Å²) in [5.41, 5.74) is 8.08. The molecule has 2 fully saturated rings. The van der Waals surface area contributed by atoms with Gasteiger partial charge in [0.1, 0.15) is 0 Å². The van der Waals surface area contributed by atoms with Gasteiger partial charge >= 0.3 is 0 Å². The molecule has 3 rings (SSSR count). The fourth-order valence-corrected chi connectivity index (χ4v) is 3.80. The maximum Gasteiger partial charge on any atom is 0.0410 e. The maximum absolute atomic E-state index is 6.07. The van der Waals surface area contributed by atoms with Crippen molar-refractivity contribution in [2.45, 2.75) is 32.2 Å². The van der Waals surface area contributed by atoms with Crippen molar-refractivity contribution in [3.63, 3.8) is 0 Å². The van der Waals surface area contributed by atoms with Gasteiger partial charge in [0, 0.05) is 23.8 Å². The number of anilines is 1. The first-order chi connectivity index (χ1) is 10.2. The number of benzene rings is 1. The summed E-state index contributed by atoms with van der Waals surface area (Å²) >= 11 is 6.07. The van der Waals surface area contributed by atoms with E-state index in [2.05, 4.69) is 9.80 Å². The SMILES string of the molecule is Nc1ccc(Cl)cc1CN1CCC(CN2CCCC2)CC1. The van der Waals surface area contributed by atoms with Gasteiger partial charge in [-0.15, -0.1) is 0 Å². The molecule has 0 bridgehead atoms. The molecule has 4 heteroatoms. The highest BCUT2D eigenvalue weighted by Crippen LogP contribution is 2.24. The number of piperidine rings is 1. The van der Waals surface area contributed by atoms with Crippen LogP contribution in [0.25, 0.3) is 0 Å². The number of halogens is 1. The lowest BCUT2D eigenvalue weighted by molar-refractivity contribution is 0.149. The van der Waals surface area contributed by atoms with Crippen LogP contribution in [0.4, 0.5) is 5.69 Å². The van der Waals surface area contributed by atoms with Crippen molar-refractivity contribution >= 4 is 17.3 Å². The molecule has 0 aliphatic carbocycles. The molecular formula is C17H26ClN3. The number of hydrogen-bond acceptors (Lipinski definition) is 3. The minimum atomic E-state index is 0.781. The Balaban J connectivity index is 1.48. The Morgan fingerprint density at radius 3 is 2.48 bits per heavy atom. The van der Waals surface area contributed by atoms with E-state index in [9.17, 15) is 0 Å². The van der Waals surface area contributed by atoms with E-state index in [0.717, 1.165) is 23.2 Å². The molecule has 0 unspecified atom stereocenters. The second-order valence-electron chi connectivity index (χ2n) is 6.57. The lowest BCUT2D eigenvalue weighted by Crippen LogP contribution is -2.37. The van der Waals surface area contributed by atoms with E-state index in [4.69, 9.17) is 17.3 Å². The summed E-state index contributed by atoms with van der Waals surface area (Å²) in [7, 11) is 0. The van der Waals surface area contributed by atoms with Gasteiger partial charge in [-0.2, -0.15) is 0 Å². The summed E-state index contributed by atoms with van der Waals surface area (Å²) in [5, 5.41) is 0.781. The van der Waals surface area contributed by atoms with Crippen LogP contribution < -0.4 is 5.73 Å². The van der Waals surface area contributed by atoms with Crippen LogP contribution in [0.2, 0.25) is 5.02 Å². The summed E-state index contributed by atoms with van der Waals surface area (Å²) < 4.78 is 0. The van der Waals surface area contributed by atoms with E-state index in [1.807, 2.05) is 18.2 Å². The van der Waals surface area contributed by atoms with Crippen molar-refractivity contribution in [3.8, 4) is 0 Å². The third kappa shape index (κ3) is 4.12. The average Bonchev–Trinajstić information content (AvgIpc) is 2.98. The molecule has 2 N–H and O–H groups in total. The van der Waals surface area contributed by atoms with Crippen molar-refractivity contribution in [1.29, 1.82) is 0 Å². The van der Waals surface area contributed by atoms with E-state index >= 15 is 0 Å². The highest BCUT2D eigenvalue weighted by Gasteiger charge is 2.23. The fraction of sp³-hybridized carbons (Fsp3) is 0.647. The van der Waals surface area contributed by atoms with Crippen molar-refractivity contribution in [3.05, 3.63) is 28.8 Å². The Labute approximate surface area is 133 Å². The minimum Gasteiger partial charge on any atom is -0.398 e. The standard InChI is InChI=1S/C17H26ClN3/c18-16-3-4-17(19)15(11-16)13-21-9-5-14(6-10-21)12-20-7-1-2-8-20/h3-4,11,14H,1-2,5-10,12-13,19H2. The van der Waals surface area contributed by atoms with Crippen LogP contribution in [0.5, 0.6) is 0 Å². The Morgan fingerprint density at radius 2 is 1.76 bits per heavy atom. The Bertz CT molecular complexity index is 463. The molecule has 2 aliphatic heterocycles. The topological polar surface area (TPSA) is 32.5 Å².